The zero-order chi connectivity index (χ0) is 14.8. The Balaban J connectivity index is 2.19. The van der Waals surface area contributed by atoms with Crippen molar-refractivity contribution < 1.29 is 4.79 Å². The molecule has 0 aliphatic heterocycles. The molecule has 0 spiro atoms. The minimum absolute atomic E-state index is 0.218. The topological polar surface area (TPSA) is 86.7 Å². The van der Waals surface area contributed by atoms with Crippen LogP contribution in [0.5, 0.6) is 0 Å². The Morgan fingerprint density at radius 3 is 2.62 bits per heavy atom. The Kier molecular flexibility index (Phi) is 3.19. The maximum Gasteiger partial charge on any atom is 0.269 e. The predicted octanol–water partition coefficient (Wildman–Crippen LogP) is 1.74. The van der Waals surface area contributed by atoms with E-state index in [0.717, 1.165) is 16.8 Å². The Labute approximate surface area is 121 Å². The van der Waals surface area contributed by atoms with E-state index in [0.29, 0.717) is 5.56 Å². The maximum atomic E-state index is 11.7. The van der Waals surface area contributed by atoms with Gasteiger partial charge in [0.25, 0.3) is 5.91 Å². The van der Waals surface area contributed by atoms with Gasteiger partial charge in [-0.15, -0.1) is 0 Å². The Morgan fingerprint density at radius 2 is 1.95 bits per heavy atom. The van der Waals surface area contributed by atoms with Crippen molar-refractivity contribution in [3.05, 3.63) is 60.4 Å². The lowest BCUT2D eigenvalue weighted by atomic mass is 10.0. The molecule has 0 aliphatic carbocycles. The monoisotopic (exact) mass is 279 g/mol. The van der Waals surface area contributed by atoms with Gasteiger partial charge in [-0.2, -0.15) is 5.10 Å². The molecule has 1 amide bonds. The van der Waals surface area contributed by atoms with E-state index in [-0.39, 0.29) is 5.69 Å². The summed E-state index contributed by atoms with van der Waals surface area (Å²) in [5.74, 6) is -0.573. The number of carbonyl (C=O) groups is 1. The third kappa shape index (κ3) is 2.38. The summed E-state index contributed by atoms with van der Waals surface area (Å²) < 4.78 is 1.59. The Morgan fingerprint density at radius 1 is 1.14 bits per heavy atom. The molecule has 0 radical (unpaired) electrons. The van der Waals surface area contributed by atoms with E-state index < -0.39 is 5.91 Å². The zero-order valence-electron chi connectivity index (χ0n) is 11.4. The van der Waals surface area contributed by atoms with Gasteiger partial charge >= 0.3 is 0 Å². The molecule has 2 N–H and O–H groups in total. The molecule has 0 unspecified atom stereocenters. The van der Waals surface area contributed by atoms with Crippen molar-refractivity contribution in [3.63, 3.8) is 0 Å². The molecular formula is C15H13N5O. The lowest BCUT2D eigenvalue weighted by Gasteiger charge is -2.02. The van der Waals surface area contributed by atoms with Crippen molar-refractivity contribution in [2.24, 2.45) is 5.73 Å². The van der Waals surface area contributed by atoms with Crippen molar-refractivity contribution in [1.82, 2.24) is 19.7 Å². The number of pyridine rings is 2. The number of carbonyl (C=O) groups excluding carboxylic acids is 1. The highest BCUT2D eigenvalue weighted by atomic mass is 16.1. The highest BCUT2D eigenvalue weighted by molar-refractivity contribution is 5.98. The van der Waals surface area contributed by atoms with E-state index in [9.17, 15) is 4.79 Å². The van der Waals surface area contributed by atoms with E-state index in [1.807, 2.05) is 19.1 Å². The van der Waals surface area contributed by atoms with Gasteiger partial charge in [-0.3, -0.25) is 14.8 Å². The Bertz CT molecular complexity index is 795. The van der Waals surface area contributed by atoms with Crippen molar-refractivity contribution in [3.8, 4) is 16.8 Å². The van der Waals surface area contributed by atoms with E-state index in [1.54, 1.807) is 41.7 Å². The van der Waals surface area contributed by atoms with Gasteiger partial charge in [-0.05, 0) is 30.7 Å². The van der Waals surface area contributed by atoms with Gasteiger partial charge < -0.3 is 5.73 Å². The van der Waals surface area contributed by atoms with Crippen molar-refractivity contribution in [2.45, 2.75) is 6.92 Å². The molecule has 0 atom stereocenters. The first-order chi connectivity index (χ1) is 10.2. The van der Waals surface area contributed by atoms with Gasteiger partial charge in [0, 0.05) is 35.9 Å². The van der Waals surface area contributed by atoms with Crippen LogP contribution in [0.2, 0.25) is 0 Å². The van der Waals surface area contributed by atoms with E-state index in [2.05, 4.69) is 15.1 Å². The molecule has 6 nitrogen and oxygen atoms in total. The van der Waals surface area contributed by atoms with Gasteiger partial charge in [-0.25, -0.2) is 4.68 Å². The summed E-state index contributed by atoms with van der Waals surface area (Å²) in [6.07, 6.45) is 8.51. The summed E-state index contributed by atoms with van der Waals surface area (Å²) in [7, 11) is 0. The fourth-order valence-electron chi connectivity index (χ4n) is 2.12. The molecule has 6 heteroatoms. The SMILES string of the molecule is Cc1ccncc1-c1cn(-c2cccnc2)nc1C(N)=O. The molecule has 0 aliphatic rings. The molecule has 0 saturated heterocycles. The number of aromatic nitrogens is 4. The normalized spacial score (nSPS) is 10.5. The van der Waals surface area contributed by atoms with Crippen molar-refractivity contribution in [1.29, 1.82) is 0 Å². The highest BCUT2D eigenvalue weighted by Crippen LogP contribution is 2.26. The molecule has 0 fully saturated rings. The second kappa shape index (κ2) is 5.16. The average molecular weight is 279 g/mol. The second-order valence-corrected chi connectivity index (χ2v) is 4.60. The number of primary amides is 1. The van der Waals surface area contributed by atoms with Crippen molar-refractivity contribution in [2.75, 3.05) is 0 Å². The number of amides is 1. The molecule has 3 rings (SSSR count). The molecule has 104 valence electrons. The summed E-state index contributed by atoms with van der Waals surface area (Å²) in [5.41, 5.74) is 8.91. The summed E-state index contributed by atoms with van der Waals surface area (Å²) in [6, 6.07) is 5.53. The largest absolute Gasteiger partial charge is 0.364 e. The molecule has 0 bridgehead atoms. The van der Waals surface area contributed by atoms with Crippen LogP contribution in [0.4, 0.5) is 0 Å². The standard InChI is InChI=1S/C15H13N5O/c1-10-4-6-18-8-12(10)13-9-20(19-14(13)15(16)21)11-3-2-5-17-7-11/h2-9H,1H3,(H2,16,21). The molecule has 21 heavy (non-hydrogen) atoms. The first-order valence-corrected chi connectivity index (χ1v) is 6.37. The van der Waals surface area contributed by atoms with E-state index >= 15 is 0 Å². The molecule has 0 saturated carbocycles. The van der Waals surface area contributed by atoms with Gasteiger partial charge in [0.05, 0.1) is 11.9 Å². The summed E-state index contributed by atoms with van der Waals surface area (Å²) in [4.78, 5) is 19.8. The molecule has 3 aromatic rings. The zero-order valence-corrected chi connectivity index (χ0v) is 11.4. The number of nitrogens with zero attached hydrogens (tertiary/aromatic N) is 4. The van der Waals surface area contributed by atoms with Gasteiger partial charge in [0.1, 0.15) is 0 Å². The third-order valence-electron chi connectivity index (χ3n) is 3.19. The van der Waals surface area contributed by atoms with Crippen LogP contribution in [-0.4, -0.2) is 25.7 Å². The van der Waals surface area contributed by atoms with Crippen LogP contribution < -0.4 is 5.73 Å². The van der Waals surface area contributed by atoms with Crippen LogP contribution in [0.1, 0.15) is 16.1 Å². The van der Waals surface area contributed by atoms with Gasteiger partial charge in [0.15, 0.2) is 5.69 Å². The van der Waals surface area contributed by atoms with Crippen LogP contribution >= 0.6 is 0 Å². The molecule has 3 heterocycles. The van der Waals surface area contributed by atoms with Crippen LogP contribution in [0.3, 0.4) is 0 Å². The van der Waals surface area contributed by atoms with Crippen LogP contribution in [-0.2, 0) is 0 Å². The molecule has 3 aromatic heterocycles. The summed E-state index contributed by atoms with van der Waals surface area (Å²) in [6.45, 7) is 1.95. The number of hydrogen-bond donors (Lipinski definition) is 1. The first-order valence-electron chi connectivity index (χ1n) is 6.37. The number of aryl methyl sites for hydroxylation is 1. The average Bonchev–Trinajstić information content (AvgIpc) is 2.94. The summed E-state index contributed by atoms with van der Waals surface area (Å²) in [5, 5.41) is 4.27. The van der Waals surface area contributed by atoms with Crippen LogP contribution in [0.15, 0.2) is 49.2 Å². The Hall–Kier alpha value is -3.02. The van der Waals surface area contributed by atoms with E-state index in [4.69, 9.17) is 5.73 Å². The van der Waals surface area contributed by atoms with E-state index in [1.165, 1.54) is 0 Å². The lowest BCUT2D eigenvalue weighted by molar-refractivity contribution is 0.0996. The number of nitrogens with two attached hydrogens (primary N) is 1. The van der Waals surface area contributed by atoms with Crippen LogP contribution in [0, 0.1) is 6.92 Å². The van der Waals surface area contributed by atoms with Crippen LogP contribution in [0.25, 0.3) is 16.8 Å². The minimum atomic E-state index is -0.573. The number of rotatable bonds is 3. The molecular weight excluding hydrogens is 266 g/mol. The minimum Gasteiger partial charge on any atom is -0.364 e. The van der Waals surface area contributed by atoms with Crippen molar-refractivity contribution >= 4 is 5.91 Å². The number of hydrogen-bond acceptors (Lipinski definition) is 4. The summed E-state index contributed by atoms with van der Waals surface area (Å²) >= 11 is 0. The maximum absolute atomic E-state index is 11.7. The van der Waals surface area contributed by atoms with Gasteiger partial charge in [-0.1, -0.05) is 0 Å². The fourth-order valence-corrected chi connectivity index (χ4v) is 2.12. The third-order valence-corrected chi connectivity index (χ3v) is 3.19. The smallest absolute Gasteiger partial charge is 0.269 e. The van der Waals surface area contributed by atoms with Gasteiger partial charge in [0.2, 0.25) is 0 Å². The first kappa shape index (κ1) is 13.0. The molecule has 0 aromatic carbocycles. The lowest BCUT2D eigenvalue weighted by Crippen LogP contribution is -2.13. The highest BCUT2D eigenvalue weighted by Gasteiger charge is 2.17. The quantitative estimate of drug-likeness (QED) is 0.791. The second-order valence-electron chi connectivity index (χ2n) is 4.60. The fraction of sp³-hybridized carbons (Fsp3) is 0.0667. The predicted molar refractivity (Wildman–Crippen MR) is 77.8 cm³/mol.